The minimum absolute atomic E-state index is 0.0241. The summed E-state index contributed by atoms with van der Waals surface area (Å²) < 4.78 is 85.0. The highest BCUT2D eigenvalue weighted by molar-refractivity contribution is 7.94. The number of sulfonamides is 1. The minimum atomic E-state index is -6.11. The Bertz CT molecular complexity index is 1560. The number of halogens is 3. The third-order valence-corrected chi connectivity index (χ3v) is 7.91. The fraction of sp³-hybridized carbons (Fsp3) is 0.370. The number of hydrogen-bond donors (Lipinski definition) is 1. The standard InChI is InChI=1S/C27H30BF3N4O6S/c1-6-18-12-20(13-21(24(36)39-5)22(18)28-40-15-26(3,4)16-41-28)35(42(37,38)27(29,30)31)25-32-14-17(2)23(34-25)33-19-10-8-7-9-11-19/h7-14H,6,15-16H2,1-5H3,(H,32,33,34). The second-order valence-electron chi connectivity index (χ2n) is 10.4. The zero-order valence-corrected chi connectivity index (χ0v) is 24.5. The molecule has 0 amide bonds. The third kappa shape index (κ3) is 6.37. The average Bonchev–Trinajstić information content (AvgIpc) is 2.94. The van der Waals surface area contributed by atoms with Crippen molar-refractivity contribution in [3.05, 3.63) is 65.4 Å². The number of aryl methyl sites for hydroxylation is 2. The van der Waals surface area contributed by atoms with E-state index in [0.717, 1.165) is 13.2 Å². The molecule has 1 saturated heterocycles. The number of nitrogens with zero attached hydrogens (tertiary/aromatic N) is 3. The molecule has 0 bridgehead atoms. The molecule has 0 aliphatic carbocycles. The maximum Gasteiger partial charge on any atom is 0.517 e. The summed E-state index contributed by atoms with van der Waals surface area (Å²) in [5.74, 6) is -1.62. The third-order valence-electron chi connectivity index (χ3n) is 6.47. The lowest BCUT2D eigenvalue weighted by Crippen LogP contribution is -2.50. The molecule has 1 fully saturated rings. The number of para-hydroxylation sites is 1. The minimum Gasteiger partial charge on any atom is -0.465 e. The zero-order valence-electron chi connectivity index (χ0n) is 23.7. The van der Waals surface area contributed by atoms with Gasteiger partial charge in [0.05, 0.1) is 18.4 Å². The van der Waals surface area contributed by atoms with Crippen LogP contribution in [0.5, 0.6) is 0 Å². The Morgan fingerprint density at radius 1 is 1.17 bits per heavy atom. The molecule has 2 heterocycles. The number of anilines is 4. The number of benzene rings is 2. The first kappa shape index (κ1) is 31.3. The van der Waals surface area contributed by atoms with Gasteiger partial charge in [-0.05, 0) is 43.2 Å². The van der Waals surface area contributed by atoms with Crippen LogP contribution < -0.4 is 15.1 Å². The summed E-state index contributed by atoms with van der Waals surface area (Å²) in [6.45, 7) is 7.73. The Balaban J connectivity index is 1.92. The second-order valence-corrected chi connectivity index (χ2v) is 12.2. The number of ether oxygens (including phenoxy) is 1. The van der Waals surface area contributed by atoms with Crippen molar-refractivity contribution in [1.82, 2.24) is 9.97 Å². The largest absolute Gasteiger partial charge is 0.517 e. The van der Waals surface area contributed by atoms with Crippen molar-refractivity contribution in [2.75, 3.05) is 29.9 Å². The van der Waals surface area contributed by atoms with Crippen LogP contribution in [0.25, 0.3) is 0 Å². The summed E-state index contributed by atoms with van der Waals surface area (Å²) in [6, 6.07) is 10.9. The Morgan fingerprint density at radius 3 is 2.38 bits per heavy atom. The number of esters is 1. The van der Waals surface area contributed by atoms with Gasteiger partial charge in [-0.2, -0.15) is 30.9 Å². The summed E-state index contributed by atoms with van der Waals surface area (Å²) in [5.41, 5.74) is -5.20. The number of methoxy groups -OCH3 is 1. The van der Waals surface area contributed by atoms with Crippen molar-refractivity contribution in [2.24, 2.45) is 5.41 Å². The van der Waals surface area contributed by atoms with Crippen molar-refractivity contribution in [3.63, 3.8) is 0 Å². The number of alkyl halides is 3. The van der Waals surface area contributed by atoms with Gasteiger partial charge in [-0.1, -0.05) is 39.0 Å². The van der Waals surface area contributed by atoms with Gasteiger partial charge in [0.25, 0.3) is 0 Å². The van der Waals surface area contributed by atoms with Gasteiger partial charge in [0, 0.05) is 41.5 Å². The first-order chi connectivity index (χ1) is 19.7. The highest BCUT2D eigenvalue weighted by Gasteiger charge is 2.52. The normalized spacial score (nSPS) is 15.3. The molecule has 0 unspecified atom stereocenters. The second kappa shape index (κ2) is 11.9. The smallest absolute Gasteiger partial charge is 0.465 e. The summed E-state index contributed by atoms with van der Waals surface area (Å²) in [4.78, 5) is 21.1. The van der Waals surface area contributed by atoms with Crippen LogP contribution >= 0.6 is 0 Å². The molecule has 1 aliphatic heterocycles. The van der Waals surface area contributed by atoms with Gasteiger partial charge < -0.3 is 19.4 Å². The van der Waals surface area contributed by atoms with Crippen LogP contribution in [0.3, 0.4) is 0 Å². The van der Waals surface area contributed by atoms with Crippen molar-refractivity contribution < 1.29 is 40.4 Å². The van der Waals surface area contributed by atoms with Crippen LogP contribution in [0.4, 0.5) is 36.3 Å². The number of carbonyl (C=O) groups is 1. The Labute approximate surface area is 242 Å². The highest BCUT2D eigenvalue weighted by atomic mass is 32.2. The molecule has 0 saturated carbocycles. The van der Waals surface area contributed by atoms with Crippen LogP contribution in [0.1, 0.15) is 42.3 Å². The van der Waals surface area contributed by atoms with Gasteiger partial charge in [0.2, 0.25) is 5.95 Å². The van der Waals surface area contributed by atoms with Gasteiger partial charge in [-0.3, -0.25) is 0 Å². The SMILES string of the molecule is CCc1cc(N(c2ncc(C)c(Nc3ccccc3)n2)S(=O)(=O)C(F)(F)F)cc(C(=O)OC)c1B1OCC(C)(C)CO1. The highest BCUT2D eigenvalue weighted by Crippen LogP contribution is 2.37. The maximum absolute atomic E-state index is 14.1. The fourth-order valence-electron chi connectivity index (χ4n) is 4.30. The first-order valence-corrected chi connectivity index (χ1v) is 14.4. The van der Waals surface area contributed by atoms with E-state index in [4.69, 9.17) is 14.0 Å². The van der Waals surface area contributed by atoms with E-state index in [-0.39, 0.29) is 46.2 Å². The average molecular weight is 606 g/mol. The number of rotatable bonds is 8. The maximum atomic E-state index is 14.1. The first-order valence-electron chi connectivity index (χ1n) is 12.9. The summed E-state index contributed by atoms with van der Waals surface area (Å²) in [5, 5.41) is 2.97. The quantitative estimate of drug-likeness (QED) is 0.289. The van der Waals surface area contributed by atoms with E-state index >= 15 is 0 Å². The van der Waals surface area contributed by atoms with Gasteiger partial charge in [-0.25, -0.2) is 9.78 Å². The molecular weight excluding hydrogens is 576 g/mol. The molecule has 0 spiro atoms. The van der Waals surface area contributed by atoms with E-state index in [0.29, 0.717) is 16.8 Å². The van der Waals surface area contributed by atoms with Crippen LogP contribution in [0.2, 0.25) is 0 Å². The molecule has 224 valence electrons. The number of carbonyl (C=O) groups excluding carboxylic acids is 1. The fourth-order valence-corrected chi connectivity index (χ4v) is 5.20. The van der Waals surface area contributed by atoms with Gasteiger partial charge in [0.15, 0.2) is 0 Å². The van der Waals surface area contributed by atoms with Gasteiger partial charge >= 0.3 is 28.6 Å². The molecule has 0 radical (unpaired) electrons. The molecule has 15 heteroatoms. The van der Waals surface area contributed by atoms with Crippen LogP contribution in [0.15, 0.2) is 48.7 Å². The molecule has 0 atom stereocenters. The van der Waals surface area contributed by atoms with E-state index in [9.17, 15) is 26.4 Å². The summed E-state index contributed by atoms with van der Waals surface area (Å²) >= 11 is 0. The predicted molar refractivity (Wildman–Crippen MR) is 152 cm³/mol. The molecule has 42 heavy (non-hydrogen) atoms. The van der Waals surface area contributed by atoms with Crippen molar-refractivity contribution in [1.29, 1.82) is 0 Å². The number of nitrogens with one attached hydrogen (secondary N) is 1. The molecule has 10 nitrogen and oxygen atoms in total. The molecule has 1 aromatic heterocycles. The molecular formula is C27H30BF3N4O6S. The van der Waals surface area contributed by atoms with E-state index in [1.54, 1.807) is 44.2 Å². The van der Waals surface area contributed by atoms with Crippen molar-refractivity contribution >= 4 is 51.7 Å². The van der Waals surface area contributed by atoms with E-state index in [1.165, 1.54) is 12.3 Å². The number of hydrogen-bond acceptors (Lipinski definition) is 9. The van der Waals surface area contributed by atoms with Crippen molar-refractivity contribution in [2.45, 2.75) is 39.6 Å². The van der Waals surface area contributed by atoms with E-state index < -0.39 is 40.3 Å². The lowest BCUT2D eigenvalue weighted by molar-refractivity contribution is -0.0436. The molecule has 4 rings (SSSR count). The zero-order chi connectivity index (χ0) is 30.9. The van der Waals surface area contributed by atoms with E-state index in [1.807, 2.05) is 13.8 Å². The van der Waals surface area contributed by atoms with Crippen molar-refractivity contribution in [3.8, 4) is 0 Å². The lowest BCUT2D eigenvalue weighted by Gasteiger charge is -2.34. The Kier molecular flexibility index (Phi) is 8.85. The monoisotopic (exact) mass is 606 g/mol. The van der Waals surface area contributed by atoms with E-state index in [2.05, 4.69) is 15.3 Å². The van der Waals surface area contributed by atoms with Crippen LogP contribution in [-0.4, -0.2) is 57.3 Å². The topological polar surface area (TPSA) is 120 Å². The summed E-state index contributed by atoms with van der Waals surface area (Å²) in [6.07, 6.45) is 1.39. The number of aromatic nitrogens is 2. The van der Waals surface area contributed by atoms with Gasteiger partial charge in [-0.15, -0.1) is 0 Å². The van der Waals surface area contributed by atoms with Crippen LogP contribution in [0, 0.1) is 12.3 Å². The van der Waals surface area contributed by atoms with Gasteiger partial charge in [0.1, 0.15) is 5.82 Å². The summed E-state index contributed by atoms with van der Waals surface area (Å²) in [7, 11) is -6.03. The molecule has 2 aromatic carbocycles. The Hall–Kier alpha value is -3.69. The molecule has 3 aromatic rings. The molecule has 1 aliphatic rings. The lowest BCUT2D eigenvalue weighted by atomic mass is 9.70. The Morgan fingerprint density at radius 2 is 1.81 bits per heavy atom. The molecule has 1 N–H and O–H groups in total. The predicted octanol–water partition coefficient (Wildman–Crippen LogP) is 4.63. The van der Waals surface area contributed by atoms with Crippen LogP contribution in [-0.2, 0) is 30.5 Å².